The summed E-state index contributed by atoms with van der Waals surface area (Å²) in [7, 11) is -2.86. The number of anilines is 1. The fraction of sp³-hybridized carbons (Fsp3) is 0.500. The van der Waals surface area contributed by atoms with Crippen molar-refractivity contribution in [2.24, 2.45) is 0 Å². The molecule has 1 fully saturated rings. The van der Waals surface area contributed by atoms with Gasteiger partial charge < -0.3 is 4.90 Å². The SMILES string of the molecule is CCc1cc2c(N3CCS(=O)(=O)CC3)ncnc2s1. The van der Waals surface area contributed by atoms with Crippen molar-refractivity contribution in [1.82, 2.24) is 9.97 Å². The van der Waals surface area contributed by atoms with E-state index in [-0.39, 0.29) is 11.5 Å². The summed E-state index contributed by atoms with van der Waals surface area (Å²) in [5.41, 5.74) is 0. The Hall–Kier alpha value is -1.21. The topological polar surface area (TPSA) is 63.2 Å². The normalized spacial score (nSPS) is 18.9. The lowest BCUT2D eigenvalue weighted by molar-refractivity contribution is 0.586. The van der Waals surface area contributed by atoms with Gasteiger partial charge in [0.1, 0.15) is 17.0 Å². The minimum absolute atomic E-state index is 0.212. The summed E-state index contributed by atoms with van der Waals surface area (Å²) in [5.74, 6) is 1.29. The van der Waals surface area contributed by atoms with Crippen LogP contribution in [-0.2, 0) is 16.3 Å². The molecular weight excluding hydrogens is 282 g/mol. The summed E-state index contributed by atoms with van der Waals surface area (Å²) in [6.07, 6.45) is 2.55. The maximum Gasteiger partial charge on any atom is 0.153 e. The van der Waals surface area contributed by atoms with Crippen molar-refractivity contribution in [3.63, 3.8) is 0 Å². The molecule has 3 heterocycles. The van der Waals surface area contributed by atoms with Crippen LogP contribution >= 0.6 is 11.3 Å². The van der Waals surface area contributed by atoms with Gasteiger partial charge in [0.2, 0.25) is 0 Å². The third-order valence-electron chi connectivity index (χ3n) is 3.35. The molecule has 5 nitrogen and oxygen atoms in total. The number of aromatic nitrogens is 2. The lowest BCUT2D eigenvalue weighted by Crippen LogP contribution is -2.40. The van der Waals surface area contributed by atoms with Crippen molar-refractivity contribution in [2.75, 3.05) is 29.5 Å². The molecule has 0 unspecified atom stereocenters. The van der Waals surface area contributed by atoms with E-state index in [2.05, 4.69) is 27.9 Å². The molecule has 102 valence electrons. The van der Waals surface area contributed by atoms with Crippen LogP contribution in [0, 0.1) is 0 Å². The average molecular weight is 297 g/mol. The van der Waals surface area contributed by atoms with E-state index >= 15 is 0 Å². The first-order chi connectivity index (χ1) is 9.09. The Morgan fingerprint density at radius 1 is 1.32 bits per heavy atom. The van der Waals surface area contributed by atoms with Gasteiger partial charge in [0.15, 0.2) is 9.84 Å². The number of nitrogens with zero attached hydrogens (tertiary/aromatic N) is 3. The quantitative estimate of drug-likeness (QED) is 0.840. The highest BCUT2D eigenvalue weighted by atomic mass is 32.2. The second-order valence-electron chi connectivity index (χ2n) is 4.62. The Morgan fingerprint density at radius 2 is 2.05 bits per heavy atom. The summed E-state index contributed by atoms with van der Waals surface area (Å²) in [6, 6.07) is 2.12. The van der Waals surface area contributed by atoms with Gasteiger partial charge in [0.05, 0.1) is 16.9 Å². The van der Waals surface area contributed by atoms with Crippen LogP contribution in [-0.4, -0.2) is 43.0 Å². The fourth-order valence-electron chi connectivity index (χ4n) is 2.24. The van der Waals surface area contributed by atoms with Crippen LogP contribution in [0.2, 0.25) is 0 Å². The lowest BCUT2D eigenvalue weighted by Gasteiger charge is -2.27. The molecule has 0 N–H and O–H groups in total. The van der Waals surface area contributed by atoms with Gasteiger partial charge in [-0.1, -0.05) is 6.92 Å². The molecule has 3 rings (SSSR count). The van der Waals surface area contributed by atoms with Crippen molar-refractivity contribution in [3.8, 4) is 0 Å². The summed E-state index contributed by atoms with van der Waals surface area (Å²) in [4.78, 5) is 13.0. The molecule has 0 aliphatic carbocycles. The molecular formula is C12H15N3O2S2. The van der Waals surface area contributed by atoms with Gasteiger partial charge in [-0.2, -0.15) is 0 Å². The zero-order chi connectivity index (χ0) is 13.5. The zero-order valence-corrected chi connectivity index (χ0v) is 12.3. The molecule has 0 aromatic carbocycles. The molecule has 0 atom stereocenters. The molecule has 0 radical (unpaired) electrons. The number of hydrogen-bond acceptors (Lipinski definition) is 6. The van der Waals surface area contributed by atoms with Gasteiger partial charge in [-0.3, -0.25) is 0 Å². The van der Waals surface area contributed by atoms with E-state index in [1.165, 1.54) is 4.88 Å². The molecule has 0 spiro atoms. The van der Waals surface area contributed by atoms with E-state index in [1.54, 1.807) is 17.7 Å². The van der Waals surface area contributed by atoms with Crippen molar-refractivity contribution in [1.29, 1.82) is 0 Å². The van der Waals surface area contributed by atoms with Gasteiger partial charge in [0, 0.05) is 18.0 Å². The average Bonchev–Trinajstić information content (AvgIpc) is 2.82. The second-order valence-corrected chi connectivity index (χ2v) is 8.04. The van der Waals surface area contributed by atoms with Crippen molar-refractivity contribution in [2.45, 2.75) is 13.3 Å². The van der Waals surface area contributed by atoms with E-state index in [1.807, 2.05) is 0 Å². The monoisotopic (exact) mass is 297 g/mol. The van der Waals surface area contributed by atoms with Crippen molar-refractivity contribution < 1.29 is 8.42 Å². The summed E-state index contributed by atoms with van der Waals surface area (Å²) >= 11 is 1.68. The first-order valence-electron chi connectivity index (χ1n) is 6.28. The fourth-order valence-corrected chi connectivity index (χ4v) is 4.37. The molecule has 0 amide bonds. The molecule has 1 aliphatic heterocycles. The van der Waals surface area contributed by atoms with Crippen LogP contribution in [0.5, 0.6) is 0 Å². The van der Waals surface area contributed by atoms with Gasteiger partial charge in [-0.15, -0.1) is 11.3 Å². The Morgan fingerprint density at radius 3 is 2.74 bits per heavy atom. The van der Waals surface area contributed by atoms with Crippen LogP contribution in [0.1, 0.15) is 11.8 Å². The first kappa shape index (κ1) is 12.8. The number of rotatable bonds is 2. The molecule has 19 heavy (non-hydrogen) atoms. The summed E-state index contributed by atoms with van der Waals surface area (Å²) < 4.78 is 23.0. The molecule has 0 saturated carbocycles. The van der Waals surface area contributed by atoms with Gasteiger partial charge in [-0.05, 0) is 12.5 Å². The second kappa shape index (κ2) is 4.72. The van der Waals surface area contributed by atoms with E-state index in [0.29, 0.717) is 13.1 Å². The smallest absolute Gasteiger partial charge is 0.153 e. The van der Waals surface area contributed by atoms with E-state index in [4.69, 9.17) is 0 Å². The Bertz CT molecular complexity index is 695. The maximum absolute atomic E-state index is 11.5. The lowest BCUT2D eigenvalue weighted by atomic mass is 10.3. The largest absolute Gasteiger partial charge is 0.354 e. The van der Waals surface area contributed by atoms with Crippen molar-refractivity contribution in [3.05, 3.63) is 17.3 Å². The number of fused-ring (bicyclic) bond motifs is 1. The third-order valence-corrected chi connectivity index (χ3v) is 6.15. The molecule has 7 heteroatoms. The van der Waals surface area contributed by atoms with Crippen LogP contribution in [0.3, 0.4) is 0 Å². The Balaban J connectivity index is 1.99. The highest BCUT2D eigenvalue weighted by Gasteiger charge is 2.24. The molecule has 1 saturated heterocycles. The number of hydrogen-bond donors (Lipinski definition) is 0. The van der Waals surface area contributed by atoms with Crippen LogP contribution < -0.4 is 4.90 Å². The Labute approximate surface area is 116 Å². The maximum atomic E-state index is 11.5. The molecule has 2 aromatic rings. The van der Waals surface area contributed by atoms with Crippen LogP contribution in [0.15, 0.2) is 12.4 Å². The van der Waals surface area contributed by atoms with Crippen molar-refractivity contribution >= 4 is 37.2 Å². The minimum atomic E-state index is -2.86. The highest BCUT2D eigenvalue weighted by molar-refractivity contribution is 7.91. The Kier molecular flexibility index (Phi) is 3.18. The third kappa shape index (κ3) is 2.44. The molecule has 0 bridgehead atoms. The number of sulfone groups is 1. The van der Waals surface area contributed by atoms with E-state index in [9.17, 15) is 8.42 Å². The predicted octanol–water partition coefficient (Wildman–Crippen LogP) is 1.49. The van der Waals surface area contributed by atoms with E-state index in [0.717, 1.165) is 22.5 Å². The van der Waals surface area contributed by atoms with Gasteiger partial charge in [-0.25, -0.2) is 18.4 Å². The molecule has 1 aliphatic rings. The number of thiophene rings is 1. The van der Waals surface area contributed by atoms with Crippen LogP contribution in [0.4, 0.5) is 5.82 Å². The molecule has 2 aromatic heterocycles. The van der Waals surface area contributed by atoms with E-state index < -0.39 is 9.84 Å². The van der Waals surface area contributed by atoms with Gasteiger partial charge >= 0.3 is 0 Å². The zero-order valence-electron chi connectivity index (χ0n) is 10.7. The summed E-state index contributed by atoms with van der Waals surface area (Å²) in [5, 5.41) is 1.05. The minimum Gasteiger partial charge on any atom is -0.354 e. The standard InChI is InChI=1S/C12H15N3O2S2/c1-2-9-7-10-11(13-8-14-12(10)18-9)15-3-5-19(16,17)6-4-15/h7-8H,2-6H2,1H3. The highest BCUT2D eigenvalue weighted by Crippen LogP contribution is 2.30. The summed E-state index contributed by atoms with van der Waals surface area (Å²) in [6.45, 7) is 3.16. The van der Waals surface area contributed by atoms with Gasteiger partial charge in [0.25, 0.3) is 0 Å². The van der Waals surface area contributed by atoms with Crippen LogP contribution in [0.25, 0.3) is 10.2 Å². The predicted molar refractivity (Wildman–Crippen MR) is 77.7 cm³/mol. The number of aryl methyl sites for hydroxylation is 1. The first-order valence-corrected chi connectivity index (χ1v) is 8.91.